The Balaban J connectivity index is 4.30. The van der Waals surface area contributed by atoms with Crippen molar-refractivity contribution in [2.24, 2.45) is 0 Å². The smallest absolute Gasteiger partial charge is 0.306 e. The maximum atomic E-state index is 12.7. The van der Waals surface area contributed by atoms with Gasteiger partial charge in [0.1, 0.15) is 19.8 Å². The molecule has 0 rings (SSSR count). The van der Waals surface area contributed by atoms with Gasteiger partial charge in [0.2, 0.25) is 0 Å². The molecular weight excluding hydrogens is 701 g/mol. The molecule has 0 saturated heterocycles. The number of carbonyl (C=O) groups excluding carboxylic acids is 2. The van der Waals surface area contributed by atoms with Crippen molar-refractivity contribution in [3.8, 4) is 0 Å². The Bertz CT molecular complexity index is 938. The summed E-state index contributed by atoms with van der Waals surface area (Å²) in [5.41, 5.74) is 0. The normalized spacial score (nSPS) is 13.7. The van der Waals surface area contributed by atoms with Gasteiger partial charge in [0, 0.05) is 12.8 Å². The number of nitrogens with zero attached hydrogens (tertiary/aromatic N) is 1. The van der Waals surface area contributed by atoms with Crippen LogP contribution in [0.5, 0.6) is 0 Å². The van der Waals surface area contributed by atoms with E-state index in [1.54, 1.807) is 0 Å². The van der Waals surface area contributed by atoms with Gasteiger partial charge in [-0.15, -0.1) is 0 Å². The average Bonchev–Trinajstić information content (AvgIpc) is 3.12. The summed E-state index contributed by atoms with van der Waals surface area (Å²) in [5.74, 6) is -0.824. The van der Waals surface area contributed by atoms with Gasteiger partial charge in [-0.25, -0.2) is 0 Å². The Morgan fingerprint density at radius 3 is 1.43 bits per heavy atom. The molecule has 0 heterocycles. The zero-order chi connectivity index (χ0) is 40.0. The molecular formula is C44H86NO8P. The van der Waals surface area contributed by atoms with Crippen molar-refractivity contribution in [1.29, 1.82) is 0 Å². The summed E-state index contributed by atoms with van der Waals surface area (Å²) in [6, 6.07) is 0. The molecule has 10 heteroatoms. The average molecular weight is 788 g/mol. The quantitative estimate of drug-likeness (QED) is 0.0198. The number of carbonyl (C=O) groups is 2. The third-order valence-corrected chi connectivity index (χ3v) is 10.8. The molecule has 0 aromatic carbocycles. The zero-order valence-electron chi connectivity index (χ0n) is 35.9. The minimum atomic E-state index is -4.62. The third-order valence-electron chi connectivity index (χ3n) is 9.88. The number of hydrogen-bond donors (Lipinski definition) is 0. The summed E-state index contributed by atoms with van der Waals surface area (Å²) in [5, 5.41) is 0. The van der Waals surface area contributed by atoms with E-state index in [1.807, 2.05) is 21.1 Å². The van der Waals surface area contributed by atoms with Crippen LogP contribution in [0.15, 0.2) is 12.2 Å². The largest absolute Gasteiger partial charge is 0.756 e. The molecule has 0 fully saturated rings. The van der Waals surface area contributed by atoms with Gasteiger partial charge in [0.05, 0.1) is 27.7 Å². The van der Waals surface area contributed by atoms with Gasteiger partial charge < -0.3 is 27.9 Å². The lowest BCUT2D eigenvalue weighted by Gasteiger charge is -2.28. The van der Waals surface area contributed by atoms with E-state index >= 15 is 0 Å². The van der Waals surface area contributed by atoms with Crippen LogP contribution in [0.2, 0.25) is 0 Å². The molecule has 0 radical (unpaired) electrons. The summed E-state index contributed by atoms with van der Waals surface area (Å²) < 4.78 is 33.9. The second-order valence-electron chi connectivity index (χ2n) is 16.4. The summed E-state index contributed by atoms with van der Waals surface area (Å²) in [6.45, 7) is 4.08. The van der Waals surface area contributed by atoms with Crippen molar-refractivity contribution >= 4 is 19.8 Å². The van der Waals surface area contributed by atoms with Gasteiger partial charge in [0.15, 0.2) is 6.10 Å². The predicted octanol–water partition coefficient (Wildman–Crippen LogP) is 11.9. The van der Waals surface area contributed by atoms with Crippen LogP contribution in [-0.2, 0) is 32.7 Å². The van der Waals surface area contributed by atoms with Gasteiger partial charge in [-0.05, 0) is 32.6 Å². The Morgan fingerprint density at radius 1 is 0.593 bits per heavy atom. The van der Waals surface area contributed by atoms with Gasteiger partial charge in [-0.2, -0.15) is 0 Å². The lowest BCUT2D eigenvalue weighted by Crippen LogP contribution is -2.37. The maximum Gasteiger partial charge on any atom is 0.306 e. The minimum absolute atomic E-state index is 0.0274. The lowest BCUT2D eigenvalue weighted by atomic mass is 10.0. The number of quaternary nitrogens is 1. The van der Waals surface area contributed by atoms with Crippen molar-refractivity contribution in [3.05, 3.63) is 12.2 Å². The number of phosphoric ester groups is 1. The molecule has 0 amide bonds. The Labute approximate surface area is 333 Å². The summed E-state index contributed by atoms with van der Waals surface area (Å²) in [7, 11) is 1.18. The summed E-state index contributed by atoms with van der Waals surface area (Å²) in [6.07, 6.45) is 38.1. The van der Waals surface area contributed by atoms with Crippen LogP contribution < -0.4 is 4.89 Å². The highest BCUT2D eigenvalue weighted by atomic mass is 31.2. The Morgan fingerprint density at radius 2 is 1.00 bits per heavy atom. The molecule has 0 aliphatic heterocycles. The molecule has 54 heavy (non-hydrogen) atoms. The third kappa shape index (κ3) is 40.4. The van der Waals surface area contributed by atoms with Gasteiger partial charge >= 0.3 is 11.9 Å². The van der Waals surface area contributed by atoms with Gasteiger partial charge in [-0.1, -0.05) is 173 Å². The lowest BCUT2D eigenvalue weighted by molar-refractivity contribution is -0.870. The van der Waals surface area contributed by atoms with E-state index < -0.39 is 26.5 Å². The van der Waals surface area contributed by atoms with Crippen LogP contribution in [0, 0.1) is 0 Å². The van der Waals surface area contributed by atoms with Crippen LogP contribution in [0.3, 0.4) is 0 Å². The molecule has 1 unspecified atom stereocenters. The van der Waals surface area contributed by atoms with Gasteiger partial charge in [0.25, 0.3) is 7.82 Å². The highest BCUT2D eigenvalue weighted by Crippen LogP contribution is 2.38. The van der Waals surface area contributed by atoms with Crippen LogP contribution in [0.1, 0.15) is 206 Å². The fraction of sp³-hybridized carbons (Fsp3) is 0.909. The van der Waals surface area contributed by atoms with Crippen molar-refractivity contribution < 1.29 is 42.1 Å². The number of esters is 2. The number of rotatable bonds is 41. The number of ether oxygens (including phenoxy) is 2. The molecule has 0 bridgehead atoms. The van der Waals surface area contributed by atoms with Gasteiger partial charge in [-0.3, -0.25) is 14.2 Å². The standard InChI is InChI=1S/C44H86NO8P/c1-6-8-10-12-14-16-18-20-22-24-26-28-30-32-34-36-43(46)50-40-42(41-52-54(48,49)51-39-38-45(3,4)5)53-44(47)37-35-33-31-29-27-25-23-21-19-17-15-13-11-9-7-2/h7,9,42H,6,8,10-41H2,1-5H3/b9-7-/t42-/m1/s1. The number of unbranched alkanes of at least 4 members (excludes halogenated alkanes) is 26. The molecule has 0 aliphatic carbocycles. The SMILES string of the molecule is C/C=C\CCCCCCCCCCCCCCC(=O)O[C@H](COC(=O)CCCCCCCCCCCCCCCCC)COP(=O)([O-])OCC[N+](C)(C)C. The van der Waals surface area contributed by atoms with Crippen LogP contribution in [-0.4, -0.2) is 70.0 Å². The Hall–Kier alpha value is -1.25. The summed E-state index contributed by atoms with van der Waals surface area (Å²) >= 11 is 0. The first kappa shape index (κ1) is 52.8. The van der Waals surface area contributed by atoms with E-state index in [9.17, 15) is 19.0 Å². The van der Waals surface area contributed by atoms with Crippen LogP contribution >= 0.6 is 7.82 Å². The van der Waals surface area contributed by atoms with Crippen molar-refractivity contribution in [1.82, 2.24) is 0 Å². The van der Waals surface area contributed by atoms with E-state index in [2.05, 4.69) is 26.0 Å². The van der Waals surface area contributed by atoms with E-state index in [1.165, 1.54) is 135 Å². The highest BCUT2D eigenvalue weighted by molar-refractivity contribution is 7.45. The van der Waals surface area contributed by atoms with Crippen molar-refractivity contribution in [2.45, 2.75) is 213 Å². The molecule has 0 aromatic rings. The molecule has 0 N–H and O–H groups in total. The molecule has 0 spiro atoms. The number of phosphoric acid groups is 1. The van der Waals surface area contributed by atoms with Crippen LogP contribution in [0.25, 0.3) is 0 Å². The molecule has 9 nitrogen and oxygen atoms in total. The fourth-order valence-corrected chi connectivity index (χ4v) is 7.09. The number of allylic oxidation sites excluding steroid dienone is 2. The first-order valence-corrected chi connectivity index (χ1v) is 23.8. The predicted molar refractivity (Wildman–Crippen MR) is 222 cm³/mol. The topological polar surface area (TPSA) is 111 Å². The van der Waals surface area contributed by atoms with Crippen LogP contribution in [0.4, 0.5) is 0 Å². The molecule has 0 aromatic heterocycles. The highest BCUT2D eigenvalue weighted by Gasteiger charge is 2.21. The van der Waals surface area contributed by atoms with E-state index in [-0.39, 0.29) is 32.0 Å². The minimum Gasteiger partial charge on any atom is -0.756 e. The van der Waals surface area contributed by atoms with E-state index in [4.69, 9.17) is 18.5 Å². The first-order chi connectivity index (χ1) is 26.0. The number of hydrogen-bond acceptors (Lipinski definition) is 8. The molecule has 0 aliphatic rings. The van der Waals surface area contributed by atoms with Crippen molar-refractivity contribution in [3.63, 3.8) is 0 Å². The second kappa shape index (κ2) is 37.3. The second-order valence-corrected chi connectivity index (χ2v) is 17.8. The maximum absolute atomic E-state index is 12.7. The Kier molecular flexibility index (Phi) is 36.5. The fourth-order valence-electron chi connectivity index (χ4n) is 6.36. The zero-order valence-corrected chi connectivity index (χ0v) is 36.8. The summed E-state index contributed by atoms with van der Waals surface area (Å²) in [4.78, 5) is 37.5. The first-order valence-electron chi connectivity index (χ1n) is 22.4. The monoisotopic (exact) mass is 788 g/mol. The van der Waals surface area contributed by atoms with E-state index in [0.29, 0.717) is 17.4 Å². The molecule has 0 saturated carbocycles. The number of likely N-dealkylation sites (N-methyl/N-ethyl adjacent to an activating group) is 1. The van der Waals surface area contributed by atoms with Crippen molar-refractivity contribution in [2.75, 3.05) is 47.5 Å². The molecule has 320 valence electrons. The molecule has 2 atom stereocenters. The van der Waals surface area contributed by atoms with E-state index in [0.717, 1.165) is 38.5 Å².